The van der Waals surface area contributed by atoms with Gasteiger partial charge >= 0.3 is 5.97 Å². The molecule has 0 amide bonds. The van der Waals surface area contributed by atoms with Gasteiger partial charge in [-0.2, -0.15) is 5.10 Å². The summed E-state index contributed by atoms with van der Waals surface area (Å²) in [6.07, 6.45) is 3.33. The molecule has 2 aromatic rings. The number of ether oxygens (including phenoxy) is 1. The number of hydrogen-bond acceptors (Lipinski definition) is 3. The molecule has 0 fully saturated rings. The van der Waals surface area contributed by atoms with Gasteiger partial charge in [0.15, 0.2) is 0 Å². The van der Waals surface area contributed by atoms with E-state index in [1.807, 2.05) is 24.3 Å². The van der Waals surface area contributed by atoms with Crippen molar-refractivity contribution < 1.29 is 14.6 Å². The Balaban J connectivity index is 2.03. The van der Waals surface area contributed by atoms with E-state index in [1.165, 1.54) is 0 Å². The zero-order valence-corrected chi connectivity index (χ0v) is 10.0. The van der Waals surface area contributed by atoms with E-state index >= 15 is 0 Å². The summed E-state index contributed by atoms with van der Waals surface area (Å²) in [6.45, 7) is 0.615. The maximum Gasteiger partial charge on any atom is 0.307 e. The summed E-state index contributed by atoms with van der Waals surface area (Å²) in [5.74, 6) is -0.0372. The molecule has 0 atom stereocenters. The summed E-state index contributed by atoms with van der Waals surface area (Å²) in [7, 11) is 1.63. The molecular formula is C13H14N2O3. The first-order chi connectivity index (χ1) is 8.67. The van der Waals surface area contributed by atoms with Crippen LogP contribution in [0.4, 0.5) is 0 Å². The lowest BCUT2D eigenvalue weighted by Gasteiger charge is -2.03. The topological polar surface area (TPSA) is 64.3 Å². The number of hydrogen-bond donors (Lipinski definition) is 1. The highest BCUT2D eigenvalue weighted by molar-refractivity contribution is 5.69. The van der Waals surface area contributed by atoms with Crippen LogP contribution in [0, 0.1) is 0 Å². The smallest absolute Gasteiger partial charge is 0.307 e. The van der Waals surface area contributed by atoms with Gasteiger partial charge in [-0.05, 0) is 17.7 Å². The lowest BCUT2D eigenvalue weighted by Crippen LogP contribution is -2.01. The summed E-state index contributed by atoms with van der Waals surface area (Å²) >= 11 is 0. The molecule has 0 saturated carbocycles. The van der Waals surface area contributed by atoms with Crippen molar-refractivity contribution in [3.05, 3.63) is 47.8 Å². The predicted octanol–water partition coefficient (Wildman–Crippen LogP) is 1.57. The van der Waals surface area contributed by atoms with E-state index in [9.17, 15) is 4.79 Å². The average molecular weight is 246 g/mol. The highest BCUT2D eigenvalue weighted by atomic mass is 16.5. The second-order valence-corrected chi connectivity index (χ2v) is 3.96. The molecule has 0 aliphatic heterocycles. The van der Waals surface area contributed by atoms with Crippen molar-refractivity contribution in [2.75, 3.05) is 7.11 Å². The first-order valence-corrected chi connectivity index (χ1v) is 5.53. The molecule has 5 nitrogen and oxygen atoms in total. The third-order valence-electron chi connectivity index (χ3n) is 2.55. The molecule has 2 rings (SSSR count). The Hall–Kier alpha value is -2.30. The summed E-state index contributed by atoms with van der Waals surface area (Å²) in [6, 6.07) is 7.68. The minimum Gasteiger partial charge on any atom is -0.497 e. The van der Waals surface area contributed by atoms with Gasteiger partial charge in [-0.3, -0.25) is 9.48 Å². The van der Waals surface area contributed by atoms with E-state index in [0.717, 1.165) is 11.3 Å². The quantitative estimate of drug-likeness (QED) is 0.869. The third-order valence-corrected chi connectivity index (χ3v) is 2.55. The number of rotatable bonds is 5. The van der Waals surface area contributed by atoms with Gasteiger partial charge in [0, 0.05) is 11.8 Å². The van der Waals surface area contributed by atoms with Crippen LogP contribution in [0.3, 0.4) is 0 Å². The van der Waals surface area contributed by atoms with Crippen molar-refractivity contribution in [2.45, 2.75) is 13.0 Å². The van der Waals surface area contributed by atoms with Crippen LogP contribution in [0.1, 0.15) is 11.1 Å². The van der Waals surface area contributed by atoms with Gasteiger partial charge in [0.1, 0.15) is 5.75 Å². The molecule has 0 unspecified atom stereocenters. The molecule has 1 N–H and O–H groups in total. The monoisotopic (exact) mass is 246 g/mol. The fourth-order valence-corrected chi connectivity index (χ4v) is 1.68. The summed E-state index contributed by atoms with van der Waals surface area (Å²) in [5, 5.41) is 12.8. The lowest BCUT2D eigenvalue weighted by atomic mass is 10.2. The number of benzene rings is 1. The number of aromatic nitrogens is 2. The maximum absolute atomic E-state index is 10.6. The summed E-state index contributed by atoms with van der Waals surface area (Å²) in [4.78, 5) is 10.6. The Bertz CT molecular complexity index is 531. The van der Waals surface area contributed by atoms with E-state index < -0.39 is 5.97 Å². The second-order valence-electron chi connectivity index (χ2n) is 3.96. The van der Waals surface area contributed by atoms with Gasteiger partial charge in [-0.1, -0.05) is 12.1 Å². The van der Waals surface area contributed by atoms with E-state index in [0.29, 0.717) is 12.1 Å². The molecule has 0 aliphatic rings. The van der Waals surface area contributed by atoms with Crippen LogP contribution in [0.25, 0.3) is 0 Å². The Morgan fingerprint density at radius 1 is 1.33 bits per heavy atom. The van der Waals surface area contributed by atoms with Gasteiger partial charge < -0.3 is 9.84 Å². The maximum atomic E-state index is 10.6. The van der Waals surface area contributed by atoms with Crippen molar-refractivity contribution in [2.24, 2.45) is 0 Å². The fraction of sp³-hybridized carbons (Fsp3) is 0.231. The number of methoxy groups -OCH3 is 1. The molecule has 5 heteroatoms. The average Bonchev–Trinajstić information content (AvgIpc) is 2.76. The highest BCUT2D eigenvalue weighted by Crippen LogP contribution is 2.12. The largest absolute Gasteiger partial charge is 0.497 e. The standard InChI is InChI=1S/C13H14N2O3/c1-18-12-4-2-10(3-5-12)8-15-9-11(7-14-15)6-13(16)17/h2-5,7,9H,6,8H2,1H3,(H,16,17). The van der Waals surface area contributed by atoms with Gasteiger partial charge in [0.05, 0.1) is 26.3 Å². The van der Waals surface area contributed by atoms with E-state index in [4.69, 9.17) is 9.84 Å². The third kappa shape index (κ3) is 3.10. The second kappa shape index (κ2) is 5.35. The molecule has 1 aromatic carbocycles. The minimum absolute atomic E-state index is 0.00259. The van der Waals surface area contributed by atoms with Crippen LogP contribution in [0.15, 0.2) is 36.7 Å². The van der Waals surface area contributed by atoms with Crippen molar-refractivity contribution in [3.63, 3.8) is 0 Å². The van der Waals surface area contributed by atoms with Crippen LogP contribution < -0.4 is 4.74 Å². The number of carbonyl (C=O) groups is 1. The van der Waals surface area contributed by atoms with Gasteiger partial charge in [0.2, 0.25) is 0 Å². The van der Waals surface area contributed by atoms with Crippen LogP contribution >= 0.6 is 0 Å². The van der Waals surface area contributed by atoms with Gasteiger partial charge in [0.25, 0.3) is 0 Å². The Labute approximate surface area is 105 Å². The Kier molecular flexibility index (Phi) is 3.62. The molecule has 1 heterocycles. The van der Waals surface area contributed by atoms with Gasteiger partial charge in [-0.15, -0.1) is 0 Å². The fourth-order valence-electron chi connectivity index (χ4n) is 1.68. The molecule has 0 spiro atoms. The lowest BCUT2D eigenvalue weighted by molar-refractivity contribution is -0.136. The molecule has 0 saturated heterocycles. The zero-order chi connectivity index (χ0) is 13.0. The predicted molar refractivity (Wildman–Crippen MR) is 65.7 cm³/mol. The summed E-state index contributed by atoms with van der Waals surface area (Å²) < 4.78 is 6.80. The minimum atomic E-state index is -0.848. The molecule has 0 radical (unpaired) electrons. The van der Waals surface area contributed by atoms with Crippen LogP contribution in [0.5, 0.6) is 5.75 Å². The first-order valence-electron chi connectivity index (χ1n) is 5.53. The van der Waals surface area contributed by atoms with Crippen molar-refractivity contribution in [1.29, 1.82) is 0 Å². The molecule has 94 valence electrons. The Morgan fingerprint density at radius 3 is 2.67 bits per heavy atom. The summed E-state index contributed by atoms with van der Waals surface area (Å²) in [5.41, 5.74) is 1.79. The van der Waals surface area contributed by atoms with E-state index in [-0.39, 0.29) is 6.42 Å². The number of carboxylic acids is 1. The molecule has 0 aliphatic carbocycles. The van der Waals surface area contributed by atoms with Crippen molar-refractivity contribution >= 4 is 5.97 Å². The van der Waals surface area contributed by atoms with E-state index in [2.05, 4.69) is 5.10 Å². The molecular weight excluding hydrogens is 232 g/mol. The SMILES string of the molecule is COc1ccc(Cn2cc(CC(=O)O)cn2)cc1. The number of aliphatic carboxylic acids is 1. The van der Waals surface area contributed by atoms with Crippen molar-refractivity contribution in [1.82, 2.24) is 9.78 Å². The van der Waals surface area contributed by atoms with Crippen LogP contribution in [0.2, 0.25) is 0 Å². The molecule has 1 aromatic heterocycles. The van der Waals surface area contributed by atoms with E-state index in [1.54, 1.807) is 24.2 Å². The van der Waals surface area contributed by atoms with Crippen molar-refractivity contribution in [3.8, 4) is 5.75 Å². The highest BCUT2D eigenvalue weighted by Gasteiger charge is 2.04. The molecule has 0 bridgehead atoms. The molecule has 18 heavy (non-hydrogen) atoms. The number of nitrogens with zero attached hydrogens (tertiary/aromatic N) is 2. The Morgan fingerprint density at radius 2 is 2.06 bits per heavy atom. The van der Waals surface area contributed by atoms with Gasteiger partial charge in [-0.25, -0.2) is 0 Å². The van der Waals surface area contributed by atoms with Crippen LogP contribution in [-0.4, -0.2) is 28.0 Å². The normalized spacial score (nSPS) is 10.3. The zero-order valence-electron chi connectivity index (χ0n) is 10.0. The van der Waals surface area contributed by atoms with Crippen LogP contribution in [-0.2, 0) is 17.8 Å². The first kappa shape index (κ1) is 12.2. The number of carboxylic acid groups (broad SMARTS) is 1.